The van der Waals surface area contributed by atoms with Crippen LogP contribution in [0, 0.1) is 0 Å². The van der Waals surface area contributed by atoms with Crippen molar-refractivity contribution in [3.05, 3.63) is 65.7 Å². The Kier molecular flexibility index (Phi) is 2.72. The van der Waals surface area contributed by atoms with Crippen molar-refractivity contribution in [2.75, 3.05) is 0 Å². The molecule has 0 spiro atoms. The zero-order chi connectivity index (χ0) is 14.4. The Morgan fingerprint density at radius 1 is 0.857 bits per heavy atom. The number of H-pyrrole nitrogens is 1. The van der Waals surface area contributed by atoms with Crippen LogP contribution in [0.4, 0.5) is 0 Å². The molecule has 1 aliphatic rings. The molecule has 0 saturated heterocycles. The number of aromatic hydroxyl groups is 2. The molecule has 21 heavy (non-hydrogen) atoms. The van der Waals surface area contributed by atoms with Crippen molar-refractivity contribution in [2.45, 2.75) is 10.1 Å². The zero-order valence-corrected chi connectivity index (χ0v) is 11.9. The lowest BCUT2D eigenvalue weighted by molar-refractivity contribution is 0.421. The number of fused-ring (bicyclic) bond motifs is 3. The van der Waals surface area contributed by atoms with Crippen LogP contribution in [0.5, 0.6) is 11.8 Å². The Labute approximate surface area is 126 Å². The normalized spacial score (nSPS) is 13.1. The standard InChI is InChI=1S/C17H13NO2S/c19-15-9-14(17(20)18-15)21-16-12-7-3-1-5-10(12)11-6-2-4-8-13(11)16/h1-9,16,18-20H. The van der Waals surface area contributed by atoms with Crippen LogP contribution >= 0.6 is 11.8 Å². The van der Waals surface area contributed by atoms with Crippen LogP contribution in [0.3, 0.4) is 0 Å². The van der Waals surface area contributed by atoms with Crippen LogP contribution in [0.15, 0.2) is 59.5 Å². The first-order valence-corrected chi connectivity index (χ1v) is 7.58. The fraction of sp³-hybridized carbons (Fsp3) is 0.0588. The van der Waals surface area contributed by atoms with E-state index in [1.54, 1.807) is 17.8 Å². The highest BCUT2D eigenvalue weighted by Gasteiger charge is 2.29. The van der Waals surface area contributed by atoms with Crippen LogP contribution < -0.4 is 0 Å². The molecular weight excluding hydrogens is 282 g/mol. The number of hydrogen-bond donors (Lipinski definition) is 3. The first kappa shape index (κ1) is 12.4. The van der Waals surface area contributed by atoms with E-state index in [2.05, 4.69) is 29.2 Å². The number of hydrogen-bond acceptors (Lipinski definition) is 3. The second kappa shape index (κ2) is 4.60. The lowest BCUT2D eigenvalue weighted by atomic mass is 10.1. The summed E-state index contributed by atoms with van der Waals surface area (Å²) >= 11 is 1.54. The van der Waals surface area contributed by atoms with Crippen molar-refractivity contribution < 1.29 is 10.2 Å². The van der Waals surface area contributed by atoms with Gasteiger partial charge in [0.05, 0.1) is 10.1 Å². The Hall–Kier alpha value is -2.33. The summed E-state index contributed by atoms with van der Waals surface area (Å²) in [4.78, 5) is 3.18. The van der Waals surface area contributed by atoms with Crippen LogP contribution in [0.25, 0.3) is 11.1 Å². The van der Waals surface area contributed by atoms with Crippen molar-refractivity contribution in [3.63, 3.8) is 0 Å². The van der Waals surface area contributed by atoms with Crippen molar-refractivity contribution in [1.82, 2.24) is 4.98 Å². The number of aromatic amines is 1. The third-order valence-electron chi connectivity index (χ3n) is 3.77. The largest absolute Gasteiger partial charge is 0.494 e. The molecule has 4 rings (SSSR count). The summed E-state index contributed by atoms with van der Waals surface area (Å²) in [5.74, 6) is -0.00562. The Balaban J connectivity index is 1.83. The van der Waals surface area contributed by atoms with Crippen molar-refractivity contribution in [3.8, 4) is 22.9 Å². The maximum absolute atomic E-state index is 9.85. The van der Waals surface area contributed by atoms with Crippen molar-refractivity contribution in [1.29, 1.82) is 0 Å². The van der Waals surface area contributed by atoms with E-state index in [1.165, 1.54) is 22.3 Å². The average molecular weight is 295 g/mol. The third kappa shape index (κ3) is 1.91. The molecule has 2 aromatic carbocycles. The minimum absolute atomic E-state index is 0.0133. The summed E-state index contributed by atoms with van der Waals surface area (Å²) in [5.41, 5.74) is 4.96. The van der Waals surface area contributed by atoms with E-state index >= 15 is 0 Å². The zero-order valence-electron chi connectivity index (χ0n) is 11.1. The van der Waals surface area contributed by atoms with Gasteiger partial charge in [0.15, 0.2) is 5.88 Å². The van der Waals surface area contributed by atoms with Gasteiger partial charge >= 0.3 is 0 Å². The molecule has 3 nitrogen and oxygen atoms in total. The topological polar surface area (TPSA) is 56.2 Å². The van der Waals surface area contributed by atoms with Gasteiger partial charge in [0, 0.05) is 6.07 Å². The number of benzene rings is 2. The Morgan fingerprint density at radius 3 is 1.95 bits per heavy atom. The van der Waals surface area contributed by atoms with Crippen LogP contribution in [0.1, 0.15) is 16.4 Å². The predicted octanol–water partition coefficient (Wildman–Crippen LogP) is 4.29. The second-order valence-electron chi connectivity index (χ2n) is 5.04. The molecule has 3 N–H and O–H groups in total. The molecule has 1 aliphatic carbocycles. The number of thioether (sulfide) groups is 1. The van der Waals surface area contributed by atoms with E-state index in [0.717, 1.165) is 0 Å². The number of aromatic nitrogens is 1. The van der Waals surface area contributed by atoms with Gasteiger partial charge in [-0.1, -0.05) is 48.5 Å². The summed E-state index contributed by atoms with van der Waals surface area (Å²) in [7, 11) is 0. The van der Waals surface area contributed by atoms with Gasteiger partial charge in [-0.15, -0.1) is 11.8 Å². The quantitative estimate of drug-likeness (QED) is 0.661. The first-order valence-electron chi connectivity index (χ1n) is 6.70. The van der Waals surface area contributed by atoms with Crippen LogP contribution in [-0.4, -0.2) is 15.2 Å². The van der Waals surface area contributed by atoms with Gasteiger partial charge in [0.25, 0.3) is 0 Å². The summed E-state index contributed by atoms with van der Waals surface area (Å²) in [5, 5.41) is 19.4. The molecular formula is C17H13NO2S. The van der Waals surface area contributed by atoms with E-state index in [1.807, 2.05) is 24.3 Å². The van der Waals surface area contributed by atoms with Crippen LogP contribution in [-0.2, 0) is 0 Å². The molecule has 3 aromatic rings. The minimum Gasteiger partial charge on any atom is -0.494 e. The van der Waals surface area contributed by atoms with Crippen LogP contribution in [0.2, 0.25) is 0 Å². The van der Waals surface area contributed by atoms with Crippen molar-refractivity contribution >= 4 is 11.8 Å². The molecule has 0 aliphatic heterocycles. The van der Waals surface area contributed by atoms with Gasteiger partial charge in [-0.05, 0) is 22.3 Å². The van der Waals surface area contributed by atoms with E-state index in [4.69, 9.17) is 0 Å². The molecule has 1 heterocycles. The smallest absolute Gasteiger partial charge is 0.205 e. The molecule has 0 fully saturated rings. The fourth-order valence-electron chi connectivity index (χ4n) is 2.86. The summed E-state index contributed by atoms with van der Waals surface area (Å²) < 4.78 is 0. The summed E-state index contributed by atoms with van der Waals surface area (Å²) in [6, 6.07) is 18.2. The second-order valence-corrected chi connectivity index (χ2v) is 6.19. The van der Waals surface area contributed by atoms with Gasteiger partial charge in [-0.25, -0.2) is 0 Å². The molecule has 0 saturated carbocycles. The van der Waals surface area contributed by atoms with E-state index in [9.17, 15) is 10.2 Å². The fourth-order valence-corrected chi connectivity index (χ4v) is 4.13. The molecule has 0 atom stereocenters. The molecule has 4 heteroatoms. The molecule has 0 amide bonds. The molecule has 0 bridgehead atoms. The predicted molar refractivity (Wildman–Crippen MR) is 83.7 cm³/mol. The Bertz CT molecular complexity index is 780. The van der Waals surface area contributed by atoms with Gasteiger partial charge in [-0.2, -0.15) is 0 Å². The third-order valence-corrected chi connectivity index (χ3v) is 5.08. The van der Waals surface area contributed by atoms with E-state index in [-0.39, 0.29) is 17.0 Å². The molecule has 104 valence electrons. The van der Waals surface area contributed by atoms with E-state index in [0.29, 0.717) is 4.90 Å². The molecule has 1 aromatic heterocycles. The first-order chi connectivity index (χ1) is 10.2. The van der Waals surface area contributed by atoms with Crippen molar-refractivity contribution in [2.24, 2.45) is 0 Å². The number of rotatable bonds is 2. The molecule has 0 unspecified atom stereocenters. The van der Waals surface area contributed by atoms with Gasteiger partial charge in [0.1, 0.15) is 0 Å². The number of nitrogens with one attached hydrogen (secondary N) is 1. The van der Waals surface area contributed by atoms with Gasteiger partial charge < -0.3 is 10.2 Å². The van der Waals surface area contributed by atoms with E-state index < -0.39 is 0 Å². The highest BCUT2D eigenvalue weighted by molar-refractivity contribution is 7.99. The maximum atomic E-state index is 9.85. The average Bonchev–Trinajstić information content (AvgIpc) is 2.98. The minimum atomic E-state index is -0.0189. The highest BCUT2D eigenvalue weighted by atomic mass is 32.2. The summed E-state index contributed by atoms with van der Waals surface area (Å²) in [6.07, 6.45) is 0. The lowest BCUT2D eigenvalue weighted by Crippen LogP contribution is -1.90. The Morgan fingerprint density at radius 2 is 1.43 bits per heavy atom. The highest BCUT2D eigenvalue weighted by Crippen LogP contribution is 2.53. The van der Waals surface area contributed by atoms with Gasteiger partial charge in [0.2, 0.25) is 5.88 Å². The maximum Gasteiger partial charge on any atom is 0.205 e. The SMILES string of the molecule is Oc1cc(SC2c3ccccc3-c3ccccc32)c(O)[nH]1. The monoisotopic (exact) mass is 295 g/mol. The summed E-state index contributed by atoms with van der Waals surface area (Å²) in [6.45, 7) is 0. The van der Waals surface area contributed by atoms with Gasteiger partial charge in [-0.3, -0.25) is 4.98 Å². The molecule has 0 radical (unpaired) electrons. The lowest BCUT2D eigenvalue weighted by Gasteiger charge is -2.12.